The fourth-order valence-electron chi connectivity index (χ4n) is 1.73. The van der Waals surface area contributed by atoms with Gasteiger partial charge in [0.2, 0.25) is 5.91 Å². The molecule has 5 heteroatoms. The summed E-state index contributed by atoms with van der Waals surface area (Å²) >= 11 is 1.66. The second-order valence-electron chi connectivity index (χ2n) is 4.47. The number of nitrogens with zero attached hydrogens (tertiary/aromatic N) is 1. The fourth-order valence-corrected chi connectivity index (χ4v) is 2.38. The van der Waals surface area contributed by atoms with Gasteiger partial charge in [-0.25, -0.2) is 4.98 Å². The van der Waals surface area contributed by atoms with Crippen LogP contribution in [0.25, 0.3) is 0 Å². The van der Waals surface area contributed by atoms with Gasteiger partial charge in [-0.3, -0.25) is 4.79 Å². The number of rotatable bonds is 7. The van der Waals surface area contributed by atoms with Crippen molar-refractivity contribution in [3.8, 4) is 0 Å². The Morgan fingerprint density at radius 3 is 2.88 bits per heavy atom. The van der Waals surface area contributed by atoms with Gasteiger partial charge in [0.25, 0.3) is 0 Å². The van der Waals surface area contributed by atoms with Crippen LogP contribution in [0.4, 0.5) is 0 Å². The van der Waals surface area contributed by atoms with Crippen molar-refractivity contribution in [3.05, 3.63) is 16.1 Å². The zero-order valence-electron chi connectivity index (χ0n) is 10.3. The highest BCUT2D eigenvalue weighted by Gasteiger charge is 2.16. The van der Waals surface area contributed by atoms with E-state index in [4.69, 9.17) is 5.73 Å². The number of thiazole rings is 1. The maximum absolute atomic E-state index is 10.7. The minimum atomic E-state index is -0.621. The van der Waals surface area contributed by atoms with Gasteiger partial charge >= 0.3 is 0 Å². The first-order valence-electron chi connectivity index (χ1n) is 5.86. The van der Waals surface area contributed by atoms with Crippen molar-refractivity contribution < 1.29 is 9.90 Å². The van der Waals surface area contributed by atoms with Gasteiger partial charge in [0, 0.05) is 5.38 Å². The van der Waals surface area contributed by atoms with E-state index in [1.54, 1.807) is 11.3 Å². The second-order valence-corrected chi connectivity index (χ2v) is 5.53. The zero-order chi connectivity index (χ0) is 12.8. The molecular formula is C12H20N2O2S. The SMILES string of the molecule is Cc1nc(CCC[C@@H](C)[C@@H](O)CC(N)=O)cs1. The fraction of sp³-hybridized carbons (Fsp3) is 0.667. The Hall–Kier alpha value is -0.940. The van der Waals surface area contributed by atoms with Crippen molar-refractivity contribution in [3.63, 3.8) is 0 Å². The topological polar surface area (TPSA) is 76.2 Å². The molecule has 2 atom stereocenters. The van der Waals surface area contributed by atoms with Gasteiger partial charge in [0.1, 0.15) is 0 Å². The number of hydrogen-bond donors (Lipinski definition) is 2. The van der Waals surface area contributed by atoms with Gasteiger partial charge in [-0.1, -0.05) is 6.92 Å². The van der Waals surface area contributed by atoms with E-state index in [0.29, 0.717) is 0 Å². The Bertz CT molecular complexity index is 365. The maximum Gasteiger partial charge on any atom is 0.220 e. The van der Waals surface area contributed by atoms with Crippen molar-refractivity contribution in [2.45, 2.75) is 45.6 Å². The van der Waals surface area contributed by atoms with Crippen LogP contribution < -0.4 is 5.73 Å². The first-order valence-corrected chi connectivity index (χ1v) is 6.74. The predicted molar refractivity (Wildman–Crippen MR) is 68.8 cm³/mol. The highest BCUT2D eigenvalue weighted by atomic mass is 32.1. The van der Waals surface area contributed by atoms with Crippen molar-refractivity contribution in [2.75, 3.05) is 0 Å². The van der Waals surface area contributed by atoms with Crippen molar-refractivity contribution in [1.82, 2.24) is 4.98 Å². The molecule has 0 aliphatic rings. The van der Waals surface area contributed by atoms with Crippen LogP contribution >= 0.6 is 11.3 Å². The monoisotopic (exact) mass is 256 g/mol. The van der Waals surface area contributed by atoms with Gasteiger partial charge in [-0.05, 0) is 32.1 Å². The van der Waals surface area contributed by atoms with Crippen molar-refractivity contribution in [1.29, 1.82) is 0 Å². The molecule has 1 aromatic rings. The molecule has 1 amide bonds. The number of amides is 1. The lowest BCUT2D eigenvalue weighted by molar-refractivity contribution is -0.120. The number of primary amides is 1. The van der Waals surface area contributed by atoms with Gasteiger partial charge in [0.05, 0.1) is 23.2 Å². The quantitative estimate of drug-likeness (QED) is 0.778. The average molecular weight is 256 g/mol. The Kier molecular flexibility index (Phi) is 5.58. The molecule has 3 N–H and O–H groups in total. The van der Waals surface area contributed by atoms with E-state index in [1.807, 2.05) is 13.8 Å². The predicted octanol–water partition coefficient (Wildman–Crippen LogP) is 1.65. The molecule has 96 valence electrons. The standard InChI is InChI=1S/C12H20N2O2S/c1-8(11(15)6-12(13)16)4-3-5-10-7-17-9(2)14-10/h7-8,11,15H,3-6H2,1-2H3,(H2,13,16)/t8-,11+/m1/s1. The Morgan fingerprint density at radius 2 is 2.35 bits per heavy atom. The summed E-state index contributed by atoms with van der Waals surface area (Å²) < 4.78 is 0. The third-order valence-electron chi connectivity index (χ3n) is 2.83. The molecule has 0 aliphatic heterocycles. The molecule has 0 bridgehead atoms. The van der Waals surface area contributed by atoms with Crippen LogP contribution in [0.2, 0.25) is 0 Å². The van der Waals surface area contributed by atoms with Gasteiger partial charge in [-0.15, -0.1) is 11.3 Å². The lowest BCUT2D eigenvalue weighted by Crippen LogP contribution is -2.25. The lowest BCUT2D eigenvalue weighted by Gasteiger charge is -2.16. The summed E-state index contributed by atoms with van der Waals surface area (Å²) in [5.41, 5.74) is 6.16. The van der Waals surface area contributed by atoms with E-state index < -0.39 is 12.0 Å². The molecule has 0 aromatic carbocycles. The van der Waals surface area contributed by atoms with Gasteiger partial charge < -0.3 is 10.8 Å². The molecule has 1 rings (SSSR count). The van der Waals surface area contributed by atoms with Crippen LogP contribution in [0, 0.1) is 12.8 Å². The van der Waals surface area contributed by atoms with Crippen LogP contribution in [0.1, 0.15) is 36.9 Å². The summed E-state index contributed by atoms with van der Waals surface area (Å²) in [6.07, 6.45) is 2.21. The van der Waals surface area contributed by atoms with Crippen molar-refractivity contribution in [2.24, 2.45) is 11.7 Å². The second kappa shape index (κ2) is 6.71. The number of aliphatic hydroxyl groups is 1. The molecule has 0 aliphatic carbocycles. The number of carbonyl (C=O) groups is 1. The minimum Gasteiger partial charge on any atom is -0.392 e. The molecule has 0 radical (unpaired) electrons. The molecule has 17 heavy (non-hydrogen) atoms. The summed E-state index contributed by atoms with van der Waals surface area (Å²) in [6, 6.07) is 0. The third-order valence-corrected chi connectivity index (χ3v) is 3.65. The highest BCUT2D eigenvalue weighted by Crippen LogP contribution is 2.16. The number of hydrogen-bond acceptors (Lipinski definition) is 4. The van der Waals surface area contributed by atoms with Crippen LogP contribution in [-0.4, -0.2) is 22.1 Å². The molecular weight excluding hydrogens is 236 g/mol. The van der Waals surface area contributed by atoms with Crippen LogP contribution in [-0.2, 0) is 11.2 Å². The van der Waals surface area contributed by atoms with Gasteiger partial charge in [0.15, 0.2) is 0 Å². The molecule has 0 unspecified atom stereocenters. The summed E-state index contributed by atoms with van der Waals surface area (Å²) in [6.45, 7) is 3.94. The third kappa shape index (κ3) is 5.28. The molecule has 4 nitrogen and oxygen atoms in total. The summed E-state index contributed by atoms with van der Waals surface area (Å²) in [7, 11) is 0. The van der Waals surface area contributed by atoms with Crippen LogP contribution in [0.15, 0.2) is 5.38 Å². The Labute approximate surface area is 106 Å². The number of carbonyl (C=O) groups excluding carboxylic acids is 1. The van der Waals surface area contributed by atoms with E-state index in [0.717, 1.165) is 30.0 Å². The minimum absolute atomic E-state index is 0.0526. The molecule has 1 heterocycles. The molecule has 0 saturated carbocycles. The highest BCUT2D eigenvalue weighted by molar-refractivity contribution is 7.09. The smallest absolute Gasteiger partial charge is 0.220 e. The zero-order valence-corrected chi connectivity index (χ0v) is 11.2. The number of aryl methyl sites for hydroxylation is 2. The largest absolute Gasteiger partial charge is 0.392 e. The van der Waals surface area contributed by atoms with E-state index in [2.05, 4.69) is 10.4 Å². The van der Waals surface area contributed by atoms with Gasteiger partial charge in [-0.2, -0.15) is 0 Å². The Morgan fingerprint density at radius 1 is 1.65 bits per heavy atom. The summed E-state index contributed by atoms with van der Waals surface area (Å²) in [4.78, 5) is 15.0. The van der Waals surface area contributed by atoms with Crippen LogP contribution in [0.5, 0.6) is 0 Å². The molecule has 1 aromatic heterocycles. The lowest BCUT2D eigenvalue weighted by atomic mass is 9.95. The van der Waals surface area contributed by atoms with Crippen LogP contribution in [0.3, 0.4) is 0 Å². The maximum atomic E-state index is 10.7. The molecule has 0 spiro atoms. The molecule has 0 fully saturated rings. The van der Waals surface area contributed by atoms with E-state index in [9.17, 15) is 9.90 Å². The first-order chi connectivity index (χ1) is 7.99. The summed E-state index contributed by atoms with van der Waals surface area (Å²) in [5, 5.41) is 12.8. The van der Waals surface area contributed by atoms with E-state index in [-0.39, 0.29) is 12.3 Å². The summed E-state index contributed by atoms with van der Waals surface area (Å²) in [5.74, 6) is -0.346. The first kappa shape index (κ1) is 14.1. The Balaban J connectivity index is 2.24. The van der Waals surface area contributed by atoms with E-state index >= 15 is 0 Å². The van der Waals surface area contributed by atoms with E-state index in [1.165, 1.54) is 0 Å². The number of nitrogens with two attached hydrogens (primary N) is 1. The number of aromatic nitrogens is 1. The van der Waals surface area contributed by atoms with Crippen molar-refractivity contribution >= 4 is 17.2 Å². The average Bonchev–Trinajstić information content (AvgIpc) is 2.63. The number of aliphatic hydroxyl groups excluding tert-OH is 1. The normalized spacial score (nSPS) is 14.5. The molecule has 0 saturated heterocycles.